The highest BCUT2D eigenvalue weighted by molar-refractivity contribution is 6.18. The van der Waals surface area contributed by atoms with Crippen molar-refractivity contribution in [3.8, 4) is 0 Å². The molecule has 0 bridgehead atoms. The van der Waals surface area contributed by atoms with Gasteiger partial charge in [-0.05, 0) is 25.1 Å². The zero-order chi connectivity index (χ0) is 20.9. The molecule has 150 valence electrons. The van der Waals surface area contributed by atoms with Crippen LogP contribution in [0.5, 0.6) is 0 Å². The minimum Gasteiger partial charge on any atom is -0.345 e. The molecule has 2 aromatic carbocycles. The van der Waals surface area contributed by atoms with Crippen molar-refractivity contribution in [3.63, 3.8) is 0 Å². The van der Waals surface area contributed by atoms with E-state index in [4.69, 9.17) is 0 Å². The van der Waals surface area contributed by atoms with Gasteiger partial charge in [-0.1, -0.05) is 36.4 Å². The summed E-state index contributed by atoms with van der Waals surface area (Å²) in [4.78, 5) is 36.4. The number of hydrogen-bond acceptors (Lipinski definition) is 5. The molecule has 0 saturated heterocycles. The number of aromatic amines is 1. The molecule has 4 rings (SSSR count). The molecule has 30 heavy (non-hydrogen) atoms. The Balaban J connectivity index is 1.66. The average molecular weight is 400 g/mol. The molecule has 0 aliphatic rings. The predicted octanol–water partition coefficient (Wildman–Crippen LogP) is 4.07. The fourth-order valence-electron chi connectivity index (χ4n) is 3.13. The van der Waals surface area contributed by atoms with E-state index in [1.165, 1.54) is 6.33 Å². The number of hydrogen-bond donors (Lipinski definition) is 4. The number of anilines is 3. The van der Waals surface area contributed by atoms with Gasteiger partial charge in [0, 0.05) is 29.7 Å². The van der Waals surface area contributed by atoms with Crippen LogP contribution >= 0.6 is 0 Å². The topological polar surface area (TPSA) is 112 Å². The number of amides is 2. The van der Waals surface area contributed by atoms with Gasteiger partial charge in [0.25, 0.3) is 0 Å². The maximum absolute atomic E-state index is 13.0. The minimum absolute atomic E-state index is 0.119. The van der Waals surface area contributed by atoms with Gasteiger partial charge >= 0.3 is 6.03 Å². The Morgan fingerprint density at radius 3 is 2.60 bits per heavy atom. The molecule has 2 heterocycles. The van der Waals surface area contributed by atoms with E-state index in [-0.39, 0.29) is 11.8 Å². The Labute approximate surface area is 172 Å². The van der Waals surface area contributed by atoms with Crippen molar-refractivity contribution in [2.24, 2.45) is 0 Å². The van der Waals surface area contributed by atoms with Crippen LogP contribution in [-0.2, 0) is 0 Å². The summed E-state index contributed by atoms with van der Waals surface area (Å²) in [5.74, 6) is 0.377. The van der Waals surface area contributed by atoms with Gasteiger partial charge in [-0.2, -0.15) is 0 Å². The summed E-state index contributed by atoms with van der Waals surface area (Å²) in [7, 11) is 0. The van der Waals surface area contributed by atoms with E-state index in [0.29, 0.717) is 45.9 Å². The first kappa shape index (κ1) is 19.1. The summed E-state index contributed by atoms with van der Waals surface area (Å²) in [6.07, 6.45) is 3.07. The van der Waals surface area contributed by atoms with Gasteiger partial charge in [-0.3, -0.25) is 4.79 Å². The van der Waals surface area contributed by atoms with Crippen molar-refractivity contribution in [2.45, 2.75) is 6.92 Å². The number of fused-ring (bicyclic) bond motifs is 1. The van der Waals surface area contributed by atoms with Gasteiger partial charge in [0.2, 0.25) is 0 Å². The number of benzene rings is 2. The van der Waals surface area contributed by atoms with Gasteiger partial charge in [0.1, 0.15) is 17.8 Å². The Kier molecular flexibility index (Phi) is 5.38. The van der Waals surface area contributed by atoms with Crippen molar-refractivity contribution in [3.05, 3.63) is 78.2 Å². The number of H-pyrrole nitrogens is 1. The number of nitrogens with one attached hydrogen (secondary N) is 4. The lowest BCUT2D eigenvalue weighted by Gasteiger charge is -2.10. The molecule has 4 N–H and O–H groups in total. The molecule has 0 atom stereocenters. The molecule has 0 unspecified atom stereocenters. The molecule has 0 aliphatic carbocycles. The molecule has 4 aromatic rings. The summed E-state index contributed by atoms with van der Waals surface area (Å²) in [5.41, 5.74) is 2.97. The first-order valence-electron chi connectivity index (χ1n) is 9.49. The third kappa shape index (κ3) is 3.97. The molecule has 2 amide bonds. The molecule has 8 heteroatoms. The number of ketones is 1. The molecule has 0 radical (unpaired) electrons. The fraction of sp³-hybridized carbons (Fsp3) is 0.0909. The molecular weight excluding hydrogens is 380 g/mol. The van der Waals surface area contributed by atoms with E-state index in [9.17, 15) is 9.59 Å². The lowest BCUT2D eigenvalue weighted by Crippen LogP contribution is -2.28. The van der Waals surface area contributed by atoms with E-state index in [2.05, 4.69) is 30.9 Å². The lowest BCUT2D eigenvalue weighted by atomic mass is 10.0. The predicted molar refractivity (Wildman–Crippen MR) is 116 cm³/mol. The minimum atomic E-state index is -0.277. The Morgan fingerprint density at radius 2 is 1.80 bits per heavy atom. The second-order valence-corrected chi connectivity index (χ2v) is 6.53. The Hall–Kier alpha value is -4.20. The van der Waals surface area contributed by atoms with Crippen molar-refractivity contribution in [1.29, 1.82) is 0 Å². The molecule has 0 saturated carbocycles. The number of carbonyl (C=O) groups is 2. The highest BCUT2D eigenvalue weighted by atomic mass is 16.2. The fourth-order valence-corrected chi connectivity index (χ4v) is 3.13. The lowest BCUT2D eigenvalue weighted by molar-refractivity contribution is 0.104. The third-order valence-corrected chi connectivity index (χ3v) is 4.47. The molecule has 2 aromatic heterocycles. The van der Waals surface area contributed by atoms with Crippen molar-refractivity contribution in [1.82, 2.24) is 20.3 Å². The first-order valence-corrected chi connectivity index (χ1v) is 9.49. The van der Waals surface area contributed by atoms with E-state index in [1.54, 1.807) is 30.5 Å². The summed E-state index contributed by atoms with van der Waals surface area (Å²) in [6, 6.07) is 16.0. The van der Waals surface area contributed by atoms with Crippen LogP contribution in [0.1, 0.15) is 22.8 Å². The van der Waals surface area contributed by atoms with Crippen LogP contribution in [0.2, 0.25) is 0 Å². The van der Waals surface area contributed by atoms with Crippen LogP contribution in [0.25, 0.3) is 11.0 Å². The van der Waals surface area contributed by atoms with Gasteiger partial charge in [0.15, 0.2) is 5.78 Å². The SMILES string of the molecule is CCNC(=O)Nc1cccc(Nc2ncnc3[nH]cc(C(=O)c4ccccc4)c23)c1. The number of rotatable bonds is 6. The van der Waals surface area contributed by atoms with Crippen LogP contribution in [-0.4, -0.2) is 33.3 Å². The summed E-state index contributed by atoms with van der Waals surface area (Å²) < 4.78 is 0. The zero-order valence-electron chi connectivity index (χ0n) is 16.3. The van der Waals surface area contributed by atoms with Gasteiger partial charge in [-0.15, -0.1) is 0 Å². The average Bonchev–Trinajstić information content (AvgIpc) is 3.19. The van der Waals surface area contributed by atoms with Crippen LogP contribution in [0.15, 0.2) is 67.1 Å². The van der Waals surface area contributed by atoms with Gasteiger partial charge in [0.05, 0.1) is 10.9 Å². The van der Waals surface area contributed by atoms with E-state index in [1.807, 2.05) is 37.3 Å². The number of urea groups is 1. The van der Waals surface area contributed by atoms with Crippen LogP contribution in [0.3, 0.4) is 0 Å². The van der Waals surface area contributed by atoms with Crippen LogP contribution in [0.4, 0.5) is 22.0 Å². The van der Waals surface area contributed by atoms with Crippen molar-refractivity contribution < 1.29 is 9.59 Å². The molecule has 0 aliphatic heterocycles. The maximum atomic E-state index is 13.0. The van der Waals surface area contributed by atoms with Crippen LogP contribution < -0.4 is 16.0 Å². The van der Waals surface area contributed by atoms with E-state index >= 15 is 0 Å². The highest BCUT2D eigenvalue weighted by Crippen LogP contribution is 2.28. The molecule has 0 spiro atoms. The number of aromatic nitrogens is 3. The van der Waals surface area contributed by atoms with Crippen LogP contribution in [0, 0.1) is 0 Å². The monoisotopic (exact) mass is 400 g/mol. The first-order chi connectivity index (χ1) is 14.7. The summed E-state index contributed by atoms with van der Waals surface area (Å²) in [5, 5.41) is 9.29. The van der Waals surface area contributed by atoms with Crippen molar-refractivity contribution in [2.75, 3.05) is 17.2 Å². The Bertz CT molecular complexity index is 1200. The second kappa shape index (κ2) is 8.44. The summed E-state index contributed by atoms with van der Waals surface area (Å²) >= 11 is 0. The standard InChI is InChI=1S/C22H20N6O2/c1-2-23-22(30)28-16-10-6-9-15(11-16)27-21-18-17(12-24-20(18)25-13-26-21)19(29)14-7-4-3-5-8-14/h3-13H,2H2,1H3,(H2,23,28,30)(H2,24,25,26,27). The molecule has 8 nitrogen and oxygen atoms in total. The van der Waals surface area contributed by atoms with Gasteiger partial charge < -0.3 is 20.9 Å². The van der Waals surface area contributed by atoms with Crippen molar-refractivity contribution >= 4 is 40.0 Å². The van der Waals surface area contributed by atoms with Gasteiger partial charge in [-0.25, -0.2) is 14.8 Å². The maximum Gasteiger partial charge on any atom is 0.319 e. The third-order valence-electron chi connectivity index (χ3n) is 4.47. The smallest absolute Gasteiger partial charge is 0.319 e. The molecule has 0 fully saturated rings. The number of carbonyl (C=O) groups excluding carboxylic acids is 2. The zero-order valence-corrected chi connectivity index (χ0v) is 16.3. The highest BCUT2D eigenvalue weighted by Gasteiger charge is 2.18. The van der Waals surface area contributed by atoms with E-state index in [0.717, 1.165) is 0 Å². The Morgan fingerprint density at radius 1 is 1.00 bits per heavy atom. The largest absolute Gasteiger partial charge is 0.345 e. The quantitative estimate of drug-likeness (QED) is 0.365. The normalized spacial score (nSPS) is 10.6. The molecular formula is C22H20N6O2. The number of nitrogens with zero attached hydrogens (tertiary/aromatic N) is 2. The summed E-state index contributed by atoms with van der Waals surface area (Å²) in [6.45, 7) is 2.39. The second-order valence-electron chi connectivity index (χ2n) is 6.53. The van der Waals surface area contributed by atoms with E-state index < -0.39 is 0 Å².